The Morgan fingerprint density at radius 2 is 2.16 bits per heavy atom. The first kappa shape index (κ1) is 13.1. The second-order valence-electron chi connectivity index (χ2n) is 5.68. The van der Waals surface area contributed by atoms with Crippen LogP contribution in [0.2, 0.25) is 0 Å². The van der Waals surface area contributed by atoms with Gasteiger partial charge in [0.05, 0.1) is 6.10 Å². The molecule has 1 heterocycles. The van der Waals surface area contributed by atoms with Crippen molar-refractivity contribution < 1.29 is 4.74 Å². The van der Waals surface area contributed by atoms with Crippen molar-refractivity contribution in [2.24, 2.45) is 0 Å². The molecule has 1 aliphatic heterocycles. The van der Waals surface area contributed by atoms with Crippen LogP contribution >= 0.6 is 0 Å². The van der Waals surface area contributed by atoms with Gasteiger partial charge < -0.3 is 15.4 Å². The van der Waals surface area contributed by atoms with E-state index in [1.54, 1.807) is 0 Å². The molecule has 0 bridgehead atoms. The lowest BCUT2D eigenvalue weighted by molar-refractivity contribution is -0.0100. The fourth-order valence-electron chi connectivity index (χ4n) is 3.18. The second-order valence-corrected chi connectivity index (χ2v) is 5.68. The van der Waals surface area contributed by atoms with E-state index in [9.17, 15) is 0 Å². The summed E-state index contributed by atoms with van der Waals surface area (Å²) in [7, 11) is 0. The third-order valence-corrected chi connectivity index (χ3v) is 4.35. The number of rotatable bonds is 5. The van der Waals surface area contributed by atoms with Gasteiger partial charge in [-0.25, -0.2) is 0 Å². The van der Waals surface area contributed by atoms with E-state index in [2.05, 4.69) is 41.8 Å². The highest BCUT2D eigenvalue weighted by Crippen LogP contribution is 2.26. The Hall–Kier alpha value is -0.900. The maximum atomic E-state index is 5.60. The number of benzene rings is 1. The molecule has 2 aliphatic rings. The molecule has 2 N–H and O–H groups in total. The van der Waals surface area contributed by atoms with E-state index in [0.717, 1.165) is 26.2 Å². The van der Waals surface area contributed by atoms with E-state index in [1.807, 2.05) is 0 Å². The fourth-order valence-corrected chi connectivity index (χ4v) is 3.18. The molecule has 1 aromatic rings. The molecular weight excluding hydrogens is 236 g/mol. The van der Waals surface area contributed by atoms with Crippen molar-refractivity contribution in [3.63, 3.8) is 0 Å². The summed E-state index contributed by atoms with van der Waals surface area (Å²) >= 11 is 0. The molecular formula is C16H24N2O. The zero-order valence-electron chi connectivity index (χ0n) is 11.7. The van der Waals surface area contributed by atoms with Crippen LogP contribution in [0.3, 0.4) is 0 Å². The van der Waals surface area contributed by atoms with Crippen LogP contribution in [0.5, 0.6) is 0 Å². The van der Waals surface area contributed by atoms with Gasteiger partial charge in [-0.2, -0.15) is 0 Å². The molecule has 1 aliphatic carbocycles. The van der Waals surface area contributed by atoms with Crippen LogP contribution in [0.4, 0.5) is 0 Å². The van der Waals surface area contributed by atoms with Gasteiger partial charge in [0.15, 0.2) is 0 Å². The van der Waals surface area contributed by atoms with E-state index < -0.39 is 0 Å². The highest BCUT2D eigenvalue weighted by atomic mass is 16.5. The van der Waals surface area contributed by atoms with Gasteiger partial charge in [0.25, 0.3) is 0 Å². The molecule has 1 saturated carbocycles. The topological polar surface area (TPSA) is 33.3 Å². The van der Waals surface area contributed by atoms with Crippen molar-refractivity contribution in [1.29, 1.82) is 0 Å². The molecule has 1 fully saturated rings. The van der Waals surface area contributed by atoms with Crippen molar-refractivity contribution in [2.75, 3.05) is 19.7 Å². The van der Waals surface area contributed by atoms with Gasteiger partial charge in [-0.3, -0.25) is 0 Å². The predicted octanol–water partition coefficient (Wildman–Crippen LogP) is 2.03. The third kappa shape index (κ3) is 2.99. The molecule has 3 rings (SSSR count). The SMILES string of the molecule is CCOC1CC(NCC2CNCc3ccccc32)C1. The Labute approximate surface area is 115 Å². The molecule has 1 unspecified atom stereocenters. The average molecular weight is 260 g/mol. The minimum atomic E-state index is 0.499. The van der Waals surface area contributed by atoms with Gasteiger partial charge in [-0.1, -0.05) is 24.3 Å². The van der Waals surface area contributed by atoms with Crippen LogP contribution in [0.1, 0.15) is 36.8 Å². The molecule has 19 heavy (non-hydrogen) atoms. The normalized spacial score (nSPS) is 29.6. The van der Waals surface area contributed by atoms with E-state index in [-0.39, 0.29) is 0 Å². The van der Waals surface area contributed by atoms with Gasteiger partial charge in [0.1, 0.15) is 0 Å². The van der Waals surface area contributed by atoms with Crippen LogP contribution in [-0.4, -0.2) is 31.8 Å². The molecule has 3 heteroatoms. The maximum Gasteiger partial charge on any atom is 0.0604 e. The van der Waals surface area contributed by atoms with Crippen molar-refractivity contribution in [2.45, 2.75) is 44.4 Å². The molecule has 1 atom stereocenters. The molecule has 0 spiro atoms. The second kappa shape index (κ2) is 6.04. The minimum absolute atomic E-state index is 0.499. The quantitative estimate of drug-likeness (QED) is 0.850. The third-order valence-electron chi connectivity index (χ3n) is 4.35. The van der Waals surface area contributed by atoms with E-state index >= 15 is 0 Å². The lowest BCUT2D eigenvalue weighted by Gasteiger charge is -2.37. The summed E-state index contributed by atoms with van der Waals surface area (Å²) in [4.78, 5) is 0. The number of fused-ring (bicyclic) bond motifs is 1. The number of nitrogens with one attached hydrogen (secondary N) is 2. The smallest absolute Gasteiger partial charge is 0.0604 e. The number of hydrogen-bond donors (Lipinski definition) is 2. The zero-order chi connectivity index (χ0) is 13.1. The Morgan fingerprint density at radius 1 is 1.32 bits per heavy atom. The van der Waals surface area contributed by atoms with Crippen LogP contribution in [0.15, 0.2) is 24.3 Å². The highest BCUT2D eigenvalue weighted by molar-refractivity contribution is 5.32. The van der Waals surface area contributed by atoms with E-state index in [1.165, 1.54) is 24.0 Å². The first-order valence-electron chi connectivity index (χ1n) is 7.50. The van der Waals surface area contributed by atoms with Crippen LogP contribution in [0, 0.1) is 0 Å². The van der Waals surface area contributed by atoms with E-state index in [4.69, 9.17) is 4.74 Å². The molecule has 3 nitrogen and oxygen atoms in total. The monoisotopic (exact) mass is 260 g/mol. The molecule has 0 saturated heterocycles. The van der Waals surface area contributed by atoms with Crippen molar-refractivity contribution in [3.8, 4) is 0 Å². The minimum Gasteiger partial charge on any atom is -0.378 e. The molecule has 0 radical (unpaired) electrons. The van der Waals surface area contributed by atoms with Gasteiger partial charge >= 0.3 is 0 Å². The molecule has 0 aromatic heterocycles. The Morgan fingerprint density at radius 3 is 3.00 bits per heavy atom. The van der Waals surface area contributed by atoms with Crippen molar-refractivity contribution in [1.82, 2.24) is 10.6 Å². The van der Waals surface area contributed by atoms with Gasteiger partial charge in [0.2, 0.25) is 0 Å². The Balaban J connectivity index is 1.49. The van der Waals surface area contributed by atoms with Crippen molar-refractivity contribution >= 4 is 0 Å². The lowest BCUT2D eigenvalue weighted by atomic mass is 9.87. The number of ether oxygens (including phenoxy) is 1. The molecule has 104 valence electrons. The maximum absolute atomic E-state index is 5.60. The van der Waals surface area contributed by atoms with E-state index in [0.29, 0.717) is 18.1 Å². The Kier molecular flexibility index (Phi) is 4.16. The molecule has 0 amide bonds. The lowest BCUT2D eigenvalue weighted by Crippen LogP contribution is -2.47. The predicted molar refractivity (Wildman–Crippen MR) is 77.3 cm³/mol. The van der Waals surface area contributed by atoms with Crippen molar-refractivity contribution in [3.05, 3.63) is 35.4 Å². The van der Waals surface area contributed by atoms with Crippen LogP contribution in [0.25, 0.3) is 0 Å². The van der Waals surface area contributed by atoms with Gasteiger partial charge in [0, 0.05) is 38.2 Å². The average Bonchev–Trinajstić information content (AvgIpc) is 2.41. The number of hydrogen-bond acceptors (Lipinski definition) is 3. The highest BCUT2D eigenvalue weighted by Gasteiger charge is 2.30. The standard InChI is InChI=1S/C16H24N2O/c1-2-19-15-7-14(8-15)18-11-13-10-17-9-12-5-3-4-6-16(12)13/h3-6,13-15,17-18H,2,7-11H2,1H3. The van der Waals surface area contributed by atoms with Crippen LogP contribution in [-0.2, 0) is 11.3 Å². The summed E-state index contributed by atoms with van der Waals surface area (Å²) in [6.07, 6.45) is 2.85. The summed E-state index contributed by atoms with van der Waals surface area (Å²) in [5.74, 6) is 0.607. The zero-order valence-corrected chi connectivity index (χ0v) is 11.7. The van der Waals surface area contributed by atoms with Gasteiger partial charge in [-0.15, -0.1) is 0 Å². The molecule has 1 aromatic carbocycles. The fraction of sp³-hybridized carbons (Fsp3) is 0.625. The summed E-state index contributed by atoms with van der Waals surface area (Å²) in [5.41, 5.74) is 2.98. The summed E-state index contributed by atoms with van der Waals surface area (Å²) in [6.45, 7) is 6.10. The summed E-state index contributed by atoms with van der Waals surface area (Å²) in [6, 6.07) is 9.47. The summed E-state index contributed by atoms with van der Waals surface area (Å²) in [5, 5.41) is 7.21. The Bertz CT molecular complexity index is 415. The summed E-state index contributed by atoms with van der Waals surface area (Å²) < 4.78 is 5.60. The van der Waals surface area contributed by atoms with Crippen LogP contribution < -0.4 is 10.6 Å². The first-order valence-corrected chi connectivity index (χ1v) is 7.50. The van der Waals surface area contributed by atoms with Gasteiger partial charge in [-0.05, 0) is 30.9 Å². The largest absolute Gasteiger partial charge is 0.378 e. The first-order chi connectivity index (χ1) is 9.36.